The Balaban J connectivity index is 2.73. The number of anilines is 1. The van der Waals surface area contributed by atoms with Crippen LogP contribution in [0.3, 0.4) is 0 Å². The van der Waals surface area contributed by atoms with E-state index in [0.717, 1.165) is 0 Å². The van der Waals surface area contributed by atoms with Crippen LogP contribution in [0, 0.1) is 10.1 Å². The summed E-state index contributed by atoms with van der Waals surface area (Å²) in [5.41, 5.74) is 0.105. The van der Waals surface area contributed by atoms with Gasteiger partial charge in [-0.05, 0) is 12.5 Å². The van der Waals surface area contributed by atoms with E-state index in [4.69, 9.17) is 11.6 Å². The molecular formula is C10H11ClN2O3. The number of rotatable bonds is 5. The van der Waals surface area contributed by atoms with Crippen molar-refractivity contribution in [2.75, 3.05) is 11.2 Å². The molecule has 0 aliphatic rings. The molecule has 0 aromatic heterocycles. The maximum atomic E-state index is 11.4. The number of carbonyl (C=O) groups excluding carboxylic acids is 1. The number of amides is 1. The van der Waals surface area contributed by atoms with E-state index in [-0.39, 0.29) is 23.7 Å². The fraction of sp³-hybridized carbons (Fsp3) is 0.300. The molecule has 0 aliphatic carbocycles. The first-order valence-electron chi connectivity index (χ1n) is 4.74. The second-order valence-electron chi connectivity index (χ2n) is 3.11. The molecule has 0 spiro atoms. The molecule has 1 N–H and O–H groups in total. The first-order chi connectivity index (χ1) is 7.65. The summed E-state index contributed by atoms with van der Waals surface area (Å²) in [6.07, 6.45) is 0.809. The molecule has 0 saturated heterocycles. The van der Waals surface area contributed by atoms with Gasteiger partial charge in [0.2, 0.25) is 5.91 Å². The Bertz CT molecular complexity index is 395. The Morgan fingerprint density at radius 3 is 2.75 bits per heavy atom. The van der Waals surface area contributed by atoms with Crippen molar-refractivity contribution >= 4 is 28.9 Å². The average molecular weight is 243 g/mol. The molecule has 5 nitrogen and oxygen atoms in total. The van der Waals surface area contributed by atoms with Gasteiger partial charge in [-0.25, -0.2) is 0 Å². The lowest BCUT2D eigenvalue weighted by atomic mass is 10.2. The third-order valence-electron chi connectivity index (χ3n) is 1.91. The molecular weight excluding hydrogens is 232 g/mol. The van der Waals surface area contributed by atoms with Crippen molar-refractivity contribution in [3.63, 3.8) is 0 Å². The number of alkyl halides is 1. The van der Waals surface area contributed by atoms with Gasteiger partial charge in [0.05, 0.1) is 4.92 Å². The third-order valence-corrected chi connectivity index (χ3v) is 2.18. The van der Waals surface area contributed by atoms with Gasteiger partial charge >= 0.3 is 0 Å². The van der Waals surface area contributed by atoms with Crippen LogP contribution in [-0.4, -0.2) is 16.7 Å². The smallest absolute Gasteiger partial charge is 0.292 e. The molecule has 0 saturated carbocycles. The van der Waals surface area contributed by atoms with Gasteiger partial charge in [0.15, 0.2) is 0 Å². The van der Waals surface area contributed by atoms with Crippen molar-refractivity contribution in [2.45, 2.75) is 12.8 Å². The maximum absolute atomic E-state index is 11.4. The standard InChI is InChI=1S/C10H11ClN2O3/c11-7-3-6-10(14)12-8-4-1-2-5-9(8)13(15)16/h1-2,4-5H,3,6-7H2,(H,12,14). The summed E-state index contributed by atoms with van der Waals surface area (Å²) in [4.78, 5) is 21.5. The van der Waals surface area contributed by atoms with E-state index in [0.29, 0.717) is 12.3 Å². The lowest BCUT2D eigenvalue weighted by molar-refractivity contribution is -0.383. The van der Waals surface area contributed by atoms with E-state index >= 15 is 0 Å². The van der Waals surface area contributed by atoms with Gasteiger partial charge in [-0.1, -0.05) is 12.1 Å². The molecule has 0 atom stereocenters. The van der Waals surface area contributed by atoms with E-state index in [9.17, 15) is 14.9 Å². The fourth-order valence-corrected chi connectivity index (χ4v) is 1.31. The van der Waals surface area contributed by atoms with E-state index in [1.807, 2.05) is 0 Å². The number of para-hydroxylation sites is 2. The van der Waals surface area contributed by atoms with Gasteiger partial charge in [-0.2, -0.15) is 0 Å². The van der Waals surface area contributed by atoms with Gasteiger partial charge < -0.3 is 5.32 Å². The highest BCUT2D eigenvalue weighted by Crippen LogP contribution is 2.23. The lowest BCUT2D eigenvalue weighted by Gasteiger charge is -2.04. The first-order valence-corrected chi connectivity index (χ1v) is 5.28. The largest absolute Gasteiger partial charge is 0.320 e. The SMILES string of the molecule is O=C(CCCCl)Nc1ccccc1[N+](=O)[O-]. The molecule has 0 bridgehead atoms. The fourth-order valence-electron chi connectivity index (χ4n) is 1.18. The molecule has 1 amide bonds. The Kier molecular flexibility index (Phi) is 4.72. The summed E-state index contributed by atoms with van der Waals surface area (Å²) in [6, 6.07) is 6.02. The predicted molar refractivity (Wildman–Crippen MR) is 61.7 cm³/mol. The number of benzene rings is 1. The van der Waals surface area contributed by atoms with Crippen LogP contribution >= 0.6 is 11.6 Å². The minimum atomic E-state index is -0.531. The number of nitro groups is 1. The molecule has 1 aromatic carbocycles. The Morgan fingerprint density at radius 2 is 2.12 bits per heavy atom. The first kappa shape index (κ1) is 12.4. The quantitative estimate of drug-likeness (QED) is 0.490. The molecule has 6 heteroatoms. The lowest BCUT2D eigenvalue weighted by Crippen LogP contribution is -2.12. The summed E-state index contributed by atoms with van der Waals surface area (Å²) < 4.78 is 0. The van der Waals surface area contributed by atoms with Crippen LogP contribution in [0.25, 0.3) is 0 Å². The van der Waals surface area contributed by atoms with Crippen molar-refractivity contribution in [3.8, 4) is 0 Å². The number of nitrogens with one attached hydrogen (secondary N) is 1. The summed E-state index contributed by atoms with van der Waals surface area (Å²) in [5.74, 6) is 0.125. The number of halogens is 1. The molecule has 0 aliphatic heterocycles. The molecule has 0 fully saturated rings. The van der Waals surface area contributed by atoms with Crippen LogP contribution in [0.15, 0.2) is 24.3 Å². The van der Waals surface area contributed by atoms with E-state index in [1.54, 1.807) is 12.1 Å². The zero-order valence-electron chi connectivity index (χ0n) is 8.48. The number of carbonyl (C=O) groups is 1. The highest BCUT2D eigenvalue weighted by Gasteiger charge is 2.13. The molecule has 1 rings (SSSR count). The summed E-state index contributed by atoms with van der Waals surface area (Å²) >= 11 is 5.44. The molecule has 1 aromatic rings. The Labute approximate surface area is 97.6 Å². The van der Waals surface area contributed by atoms with Crippen molar-refractivity contribution < 1.29 is 9.72 Å². The number of nitrogens with zero attached hydrogens (tertiary/aromatic N) is 1. The normalized spacial score (nSPS) is 9.81. The van der Waals surface area contributed by atoms with Gasteiger partial charge in [-0.3, -0.25) is 14.9 Å². The van der Waals surface area contributed by atoms with Crippen LogP contribution in [-0.2, 0) is 4.79 Å². The van der Waals surface area contributed by atoms with Crippen LogP contribution in [0.5, 0.6) is 0 Å². The topological polar surface area (TPSA) is 72.2 Å². The van der Waals surface area contributed by atoms with Gasteiger partial charge in [0.25, 0.3) is 5.69 Å². The highest BCUT2D eigenvalue weighted by atomic mass is 35.5. The zero-order chi connectivity index (χ0) is 12.0. The average Bonchev–Trinajstić information content (AvgIpc) is 2.27. The van der Waals surface area contributed by atoms with Gasteiger partial charge in [0, 0.05) is 18.4 Å². The van der Waals surface area contributed by atoms with Crippen LogP contribution in [0.2, 0.25) is 0 Å². The molecule has 0 radical (unpaired) electrons. The summed E-state index contributed by atoms with van der Waals surface area (Å²) in [6.45, 7) is 0. The minimum absolute atomic E-state index is 0.110. The second kappa shape index (κ2) is 6.07. The molecule has 86 valence electrons. The third kappa shape index (κ3) is 3.51. The minimum Gasteiger partial charge on any atom is -0.320 e. The van der Waals surface area contributed by atoms with Crippen molar-refractivity contribution in [1.29, 1.82) is 0 Å². The van der Waals surface area contributed by atoms with Crippen LogP contribution in [0.4, 0.5) is 11.4 Å². The highest BCUT2D eigenvalue weighted by molar-refractivity contribution is 6.18. The molecule has 0 unspecified atom stereocenters. The summed E-state index contributed by atoms with van der Waals surface area (Å²) in [5, 5.41) is 13.1. The monoisotopic (exact) mass is 242 g/mol. The molecule has 0 heterocycles. The molecule has 16 heavy (non-hydrogen) atoms. The van der Waals surface area contributed by atoms with Crippen molar-refractivity contribution in [2.24, 2.45) is 0 Å². The van der Waals surface area contributed by atoms with E-state index in [2.05, 4.69) is 5.32 Å². The van der Waals surface area contributed by atoms with Crippen molar-refractivity contribution in [1.82, 2.24) is 0 Å². The Morgan fingerprint density at radius 1 is 1.44 bits per heavy atom. The zero-order valence-corrected chi connectivity index (χ0v) is 9.24. The predicted octanol–water partition coefficient (Wildman–Crippen LogP) is 2.55. The number of hydrogen-bond donors (Lipinski definition) is 1. The van der Waals surface area contributed by atoms with Crippen LogP contribution in [0.1, 0.15) is 12.8 Å². The number of nitro benzene ring substituents is 1. The van der Waals surface area contributed by atoms with Crippen LogP contribution < -0.4 is 5.32 Å². The second-order valence-corrected chi connectivity index (χ2v) is 3.49. The van der Waals surface area contributed by atoms with E-state index in [1.165, 1.54) is 12.1 Å². The number of hydrogen-bond acceptors (Lipinski definition) is 3. The maximum Gasteiger partial charge on any atom is 0.292 e. The van der Waals surface area contributed by atoms with Crippen molar-refractivity contribution in [3.05, 3.63) is 34.4 Å². The van der Waals surface area contributed by atoms with Gasteiger partial charge in [-0.15, -0.1) is 11.6 Å². The van der Waals surface area contributed by atoms with Gasteiger partial charge in [0.1, 0.15) is 5.69 Å². The van der Waals surface area contributed by atoms with E-state index < -0.39 is 4.92 Å². The summed E-state index contributed by atoms with van der Waals surface area (Å²) in [7, 11) is 0. The Hall–Kier alpha value is -1.62.